The van der Waals surface area contributed by atoms with Crippen molar-refractivity contribution in [2.45, 2.75) is 71.1 Å². The summed E-state index contributed by atoms with van der Waals surface area (Å²) in [5, 5.41) is 13.1. The van der Waals surface area contributed by atoms with E-state index in [-0.39, 0.29) is 5.69 Å². The summed E-state index contributed by atoms with van der Waals surface area (Å²) in [6.45, 7) is 2.63. The van der Waals surface area contributed by atoms with Crippen LogP contribution in [0.3, 0.4) is 0 Å². The Morgan fingerprint density at radius 2 is 1.48 bits per heavy atom. The lowest BCUT2D eigenvalue weighted by Crippen LogP contribution is -2.14. The van der Waals surface area contributed by atoms with Crippen LogP contribution in [0.1, 0.15) is 71.1 Å². The number of rotatable bonds is 13. The summed E-state index contributed by atoms with van der Waals surface area (Å²) in [5.74, 6) is 0. The second-order valence-electron chi connectivity index (χ2n) is 6.25. The van der Waals surface area contributed by atoms with Crippen molar-refractivity contribution in [3.05, 3.63) is 34.4 Å². The van der Waals surface area contributed by atoms with Crippen LogP contribution in [-0.2, 0) is 4.74 Å². The molecule has 0 radical (unpaired) electrons. The molecular formula is C19H30N2O4. The Morgan fingerprint density at radius 3 is 2.00 bits per heavy atom. The summed E-state index contributed by atoms with van der Waals surface area (Å²) >= 11 is 0. The first-order valence-electron chi connectivity index (χ1n) is 9.31. The second kappa shape index (κ2) is 13.2. The summed E-state index contributed by atoms with van der Waals surface area (Å²) in [5.41, 5.74) is 0.475. The van der Waals surface area contributed by atoms with E-state index in [1.807, 2.05) is 0 Å². The Morgan fingerprint density at radius 1 is 0.960 bits per heavy atom. The van der Waals surface area contributed by atoms with E-state index in [0.717, 1.165) is 12.8 Å². The minimum absolute atomic E-state index is 0.00993. The number of nitro groups is 1. The van der Waals surface area contributed by atoms with Gasteiger partial charge in [0.1, 0.15) is 0 Å². The number of unbranched alkanes of at least 4 members (excludes halogenated alkanes) is 9. The third-order valence-corrected chi connectivity index (χ3v) is 4.06. The molecule has 0 saturated carbocycles. The van der Waals surface area contributed by atoms with Crippen LogP contribution in [0, 0.1) is 10.1 Å². The molecule has 0 atom stereocenters. The number of ether oxygens (including phenoxy) is 1. The van der Waals surface area contributed by atoms with Crippen molar-refractivity contribution in [2.75, 3.05) is 11.9 Å². The largest absolute Gasteiger partial charge is 0.449 e. The molecule has 0 unspecified atom stereocenters. The van der Waals surface area contributed by atoms with E-state index in [9.17, 15) is 14.9 Å². The van der Waals surface area contributed by atoms with Crippen LogP contribution < -0.4 is 5.32 Å². The fourth-order valence-electron chi connectivity index (χ4n) is 2.57. The first kappa shape index (κ1) is 20.9. The van der Waals surface area contributed by atoms with Gasteiger partial charge in [-0.3, -0.25) is 15.4 Å². The minimum atomic E-state index is -0.523. The topological polar surface area (TPSA) is 81.5 Å². The molecule has 0 bridgehead atoms. The van der Waals surface area contributed by atoms with Crippen molar-refractivity contribution < 1.29 is 14.5 Å². The maximum Gasteiger partial charge on any atom is 0.411 e. The van der Waals surface area contributed by atoms with Crippen LogP contribution in [0.25, 0.3) is 0 Å². The van der Waals surface area contributed by atoms with Crippen molar-refractivity contribution in [1.82, 2.24) is 0 Å². The number of nitrogens with zero attached hydrogens (tertiary/aromatic N) is 1. The molecule has 1 aromatic rings. The first-order chi connectivity index (χ1) is 12.1. The average Bonchev–Trinajstić information content (AvgIpc) is 2.60. The molecular weight excluding hydrogens is 320 g/mol. The van der Waals surface area contributed by atoms with Crippen LogP contribution in [0.5, 0.6) is 0 Å². The number of nitro benzene ring substituents is 1. The molecule has 1 aromatic carbocycles. The van der Waals surface area contributed by atoms with Gasteiger partial charge < -0.3 is 4.74 Å². The van der Waals surface area contributed by atoms with Gasteiger partial charge >= 0.3 is 6.09 Å². The maximum atomic E-state index is 11.6. The van der Waals surface area contributed by atoms with Crippen molar-refractivity contribution in [3.8, 4) is 0 Å². The van der Waals surface area contributed by atoms with Crippen molar-refractivity contribution in [3.63, 3.8) is 0 Å². The fraction of sp³-hybridized carbons (Fsp3) is 0.632. The monoisotopic (exact) mass is 350 g/mol. The molecule has 0 fully saturated rings. The number of anilines is 1. The zero-order valence-electron chi connectivity index (χ0n) is 15.2. The summed E-state index contributed by atoms with van der Waals surface area (Å²) < 4.78 is 5.11. The van der Waals surface area contributed by atoms with E-state index in [4.69, 9.17) is 4.74 Å². The minimum Gasteiger partial charge on any atom is -0.449 e. The average molecular weight is 350 g/mol. The van der Waals surface area contributed by atoms with E-state index < -0.39 is 11.0 Å². The summed E-state index contributed by atoms with van der Waals surface area (Å²) in [4.78, 5) is 21.7. The molecule has 140 valence electrons. The smallest absolute Gasteiger partial charge is 0.411 e. The highest BCUT2D eigenvalue weighted by molar-refractivity contribution is 5.84. The Bertz CT molecular complexity index is 503. The van der Waals surface area contributed by atoms with Gasteiger partial charge in [0.2, 0.25) is 0 Å². The lowest BCUT2D eigenvalue weighted by Gasteiger charge is -2.07. The molecule has 1 rings (SSSR count). The van der Waals surface area contributed by atoms with E-state index in [2.05, 4.69) is 12.2 Å². The van der Waals surface area contributed by atoms with Crippen LogP contribution >= 0.6 is 0 Å². The predicted octanol–water partition coefficient (Wildman–Crippen LogP) is 6.06. The molecule has 0 saturated heterocycles. The highest BCUT2D eigenvalue weighted by Crippen LogP contribution is 2.15. The van der Waals surface area contributed by atoms with Gasteiger partial charge in [-0.25, -0.2) is 4.79 Å². The molecule has 0 spiro atoms. The molecule has 25 heavy (non-hydrogen) atoms. The van der Waals surface area contributed by atoms with Crippen molar-refractivity contribution >= 4 is 17.5 Å². The summed E-state index contributed by atoms with van der Waals surface area (Å²) in [6.07, 6.45) is 11.8. The van der Waals surface area contributed by atoms with Crippen molar-refractivity contribution in [2.24, 2.45) is 0 Å². The van der Waals surface area contributed by atoms with Gasteiger partial charge in [0, 0.05) is 17.8 Å². The highest BCUT2D eigenvalue weighted by Gasteiger charge is 2.06. The SMILES string of the molecule is CCCCCCCCCCCCOC(=O)Nc1ccc([N+](=O)[O-])cc1. The van der Waals surface area contributed by atoms with Gasteiger partial charge in [0.15, 0.2) is 0 Å². The third-order valence-electron chi connectivity index (χ3n) is 4.06. The predicted molar refractivity (Wildman–Crippen MR) is 99.9 cm³/mol. The fourth-order valence-corrected chi connectivity index (χ4v) is 2.57. The van der Waals surface area contributed by atoms with Gasteiger partial charge in [-0.2, -0.15) is 0 Å². The second-order valence-corrected chi connectivity index (χ2v) is 6.25. The third kappa shape index (κ3) is 10.4. The van der Waals surface area contributed by atoms with Gasteiger partial charge in [-0.15, -0.1) is 0 Å². The number of amides is 1. The number of carbonyl (C=O) groups is 1. The number of benzene rings is 1. The number of hydrogen-bond donors (Lipinski definition) is 1. The Hall–Kier alpha value is -2.11. The molecule has 1 N–H and O–H groups in total. The number of nitrogens with one attached hydrogen (secondary N) is 1. The van der Waals surface area contributed by atoms with Gasteiger partial charge in [0.05, 0.1) is 11.5 Å². The first-order valence-corrected chi connectivity index (χ1v) is 9.31. The molecule has 0 aliphatic rings. The van der Waals surface area contributed by atoms with Gasteiger partial charge in [-0.05, 0) is 18.6 Å². The van der Waals surface area contributed by atoms with E-state index in [1.54, 1.807) is 0 Å². The molecule has 0 aromatic heterocycles. The Kier molecular flexibility index (Phi) is 11.1. The van der Waals surface area contributed by atoms with Crippen LogP contribution in [0.2, 0.25) is 0 Å². The lowest BCUT2D eigenvalue weighted by atomic mass is 10.1. The number of hydrogen-bond acceptors (Lipinski definition) is 4. The lowest BCUT2D eigenvalue weighted by molar-refractivity contribution is -0.384. The standard InChI is InChI=1S/C19H30N2O4/c1-2-3-4-5-6-7-8-9-10-11-16-25-19(22)20-17-12-14-18(15-13-17)21(23)24/h12-15H,2-11,16H2,1H3,(H,20,22). The maximum absolute atomic E-state index is 11.6. The number of non-ortho nitro benzene ring substituents is 1. The normalized spacial score (nSPS) is 10.4. The molecule has 6 heteroatoms. The summed E-state index contributed by atoms with van der Waals surface area (Å²) in [7, 11) is 0. The van der Waals surface area contributed by atoms with Crippen LogP contribution in [0.4, 0.5) is 16.2 Å². The van der Waals surface area contributed by atoms with Gasteiger partial charge in [0.25, 0.3) is 5.69 Å². The van der Waals surface area contributed by atoms with Crippen molar-refractivity contribution in [1.29, 1.82) is 0 Å². The van der Waals surface area contributed by atoms with Gasteiger partial charge in [-0.1, -0.05) is 64.7 Å². The van der Waals surface area contributed by atoms with E-state index >= 15 is 0 Å². The zero-order chi connectivity index (χ0) is 18.3. The Balaban J connectivity index is 1.99. The highest BCUT2D eigenvalue weighted by atomic mass is 16.6. The molecule has 0 aliphatic heterocycles. The molecule has 0 aliphatic carbocycles. The van der Waals surface area contributed by atoms with Crippen LogP contribution in [-0.4, -0.2) is 17.6 Å². The molecule has 0 heterocycles. The summed E-state index contributed by atoms with van der Waals surface area (Å²) in [6, 6.07) is 5.66. The van der Waals surface area contributed by atoms with Crippen LogP contribution in [0.15, 0.2) is 24.3 Å². The van der Waals surface area contributed by atoms with E-state index in [0.29, 0.717) is 12.3 Å². The number of carbonyl (C=O) groups excluding carboxylic acids is 1. The zero-order valence-corrected chi connectivity index (χ0v) is 15.2. The quantitative estimate of drug-likeness (QED) is 0.266. The van der Waals surface area contributed by atoms with E-state index in [1.165, 1.54) is 75.6 Å². The Labute approximate surface area is 150 Å². The molecule has 1 amide bonds. The molecule has 6 nitrogen and oxygen atoms in total.